The van der Waals surface area contributed by atoms with Gasteiger partial charge in [0.1, 0.15) is 12.4 Å². The number of aryl methyl sites for hydroxylation is 1. The minimum Gasteiger partial charge on any atom is -0.467 e. The van der Waals surface area contributed by atoms with Crippen molar-refractivity contribution >= 4 is 18.1 Å². The number of halogens is 2. The fourth-order valence-corrected chi connectivity index (χ4v) is 2.16. The third-order valence-corrected chi connectivity index (χ3v) is 3.20. The molecule has 0 radical (unpaired) electrons. The van der Waals surface area contributed by atoms with Crippen molar-refractivity contribution in [3.8, 4) is 0 Å². The van der Waals surface area contributed by atoms with Crippen LogP contribution in [0.4, 0.5) is 4.39 Å². The van der Waals surface area contributed by atoms with Gasteiger partial charge in [0.2, 0.25) is 0 Å². The summed E-state index contributed by atoms with van der Waals surface area (Å²) in [5.74, 6) is -0.982. The molecule has 100 valence electrons. The van der Waals surface area contributed by atoms with Crippen LogP contribution in [-0.4, -0.2) is 23.0 Å². The van der Waals surface area contributed by atoms with Crippen LogP contribution in [0.1, 0.15) is 22.9 Å². The number of carbonyl (C=O) groups is 1. The molecule has 1 atom stereocenters. The van der Waals surface area contributed by atoms with Gasteiger partial charge >= 0.3 is 0 Å². The third-order valence-electron chi connectivity index (χ3n) is 2.90. The van der Waals surface area contributed by atoms with Crippen LogP contribution in [0, 0.1) is 12.7 Å². The predicted octanol–water partition coefficient (Wildman–Crippen LogP) is 2.82. The fraction of sp³-hybridized carbons (Fsp3) is 0.231. The van der Waals surface area contributed by atoms with Gasteiger partial charge < -0.3 is 9.72 Å². The minimum absolute atomic E-state index is 0.0177. The van der Waals surface area contributed by atoms with E-state index < -0.39 is 11.7 Å². The van der Waals surface area contributed by atoms with Crippen molar-refractivity contribution in [3.63, 3.8) is 0 Å². The van der Waals surface area contributed by atoms with Crippen LogP contribution in [0.25, 0.3) is 0 Å². The van der Waals surface area contributed by atoms with Crippen molar-refractivity contribution in [2.24, 2.45) is 0 Å². The molecule has 1 aromatic carbocycles. The number of aromatic amines is 1. The summed E-state index contributed by atoms with van der Waals surface area (Å²) in [7, 11) is 0. The van der Waals surface area contributed by atoms with Gasteiger partial charge in [0.15, 0.2) is 0 Å². The van der Waals surface area contributed by atoms with E-state index in [1.807, 2.05) is 0 Å². The van der Waals surface area contributed by atoms with Gasteiger partial charge in [-0.2, -0.15) is 0 Å². The van der Waals surface area contributed by atoms with E-state index >= 15 is 0 Å². The standard InChI is InChI=1S/C13H12ClFN2O2/c1-8-13(17-6-16-8)10(5-19-7-18)9-3-2-4-11(14)12(9)15/h2-4,6-7,10H,5H2,1H3,(H,16,17). The molecule has 2 aromatic rings. The molecular formula is C13H12ClFN2O2. The highest BCUT2D eigenvalue weighted by Gasteiger charge is 2.23. The lowest BCUT2D eigenvalue weighted by molar-refractivity contribution is -0.129. The Kier molecular flexibility index (Phi) is 4.16. The Labute approximate surface area is 114 Å². The molecule has 0 aliphatic rings. The number of H-pyrrole nitrogens is 1. The zero-order chi connectivity index (χ0) is 13.8. The summed E-state index contributed by atoms with van der Waals surface area (Å²) in [5, 5.41) is 0.0331. The van der Waals surface area contributed by atoms with Gasteiger partial charge in [-0.25, -0.2) is 9.37 Å². The van der Waals surface area contributed by atoms with E-state index in [1.165, 1.54) is 12.4 Å². The van der Waals surface area contributed by atoms with Crippen LogP contribution < -0.4 is 0 Å². The quantitative estimate of drug-likeness (QED) is 0.858. The van der Waals surface area contributed by atoms with Crippen molar-refractivity contribution in [3.05, 3.63) is 52.3 Å². The summed E-state index contributed by atoms with van der Waals surface area (Å²) in [6.45, 7) is 2.15. The molecule has 2 rings (SSSR count). The first-order valence-corrected chi connectivity index (χ1v) is 6.02. The molecule has 0 saturated carbocycles. The molecular weight excluding hydrogens is 271 g/mol. The number of benzene rings is 1. The number of aromatic nitrogens is 2. The van der Waals surface area contributed by atoms with E-state index in [9.17, 15) is 9.18 Å². The molecule has 0 aliphatic carbocycles. The number of nitrogens with one attached hydrogen (secondary N) is 1. The molecule has 1 unspecified atom stereocenters. The predicted molar refractivity (Wildman–Crippen MR) is 68.6 cm³/mol. The van der Waals surface area contributed by atoms with E-state index in [-0.39, 0.29) is 11.6 Å². The summed E-state index contributed by atoms with van der Waals surface area (Å²) in [6, 6.07) is 4.73. The summed E-state index contributed by atoms with van der Waals surface area (Å²) < 4.78 is 18.9. The second-order valence-corrected chi connectivity index (χ2v) is 4.43. The maximum atomic E-state index is 14.1. The van der Waals surface area contributed by atoms with E-state index in [4.69, 9.17) is 16.3 Å². The van der Waals surface area contributed by atoms with Gasteiger partial charge in [-0.1, -0.05) is 23.7 Å². The molecule has 1 heterocycles. The van der Waals surface area contributed by atoms with Crippen molar-refractivity contribution in [1.29, 1.82) is 0 Å². The van der Waals surface area contributed by atoms with Crippen LogP contribution in [0.2, 0.25) is 5.02 Å². The Morgan fingerprint density at radius 2 is 2.37 bits per heavy atom. The minimum atomic E-state index is -0.516. The van der Waals surface area contributed by atoms with E-state index in [1.54, 1.807) is 19.1 Å². The van der Waals surface area contributed by atoms with Gasteiger partial charge in [-0.05, 0) is 13.0 Å². The largest absolute Gasteiger partial charge is 0.467 e. The van der Waals surface area contributed by atoms with Gasteiger partial charge in [0.25, 0.3) is 6.47 Å². The summed E-state index contributed by atoms with van der Waals surface area (Å²) in [5.41, 5.74) is 1.78. The Bertz CT molecular complexity index is 586. The molecule has 19 heavy (non-hydrogen) atoms. The van der Waals surface area contributed by atoms with Gasteiger partial charge in [-0.15, -0.1) is 0 Å². The fourth-order valence-electron chi connectivity index (χ4n) is 1.98. The van der Waals surface area contributed by atoms with E-state index in [0.29, 0.717) is 17.7 Å². The number of hydrogen-bond acceptors (Lipinski definition) is 3. The van der Waals surface area contributed by atoms with Gasteiger partial charge in [0, 0.05) is 11.3 Å². The number of imidazole rings is 1. The van der Waals surface area contributed by atoms with Crippen LogP contribution in [0.3, 0.4) is 0 Å². The third kappa shape index (κ3) is 2.76. The zero-order valence-electron chi connectivity index (χ0n) is 10.2. The number of rotatable bonds is 5. The average Bonchev–Trinajstić information content (AvgIpc) is 2.81. The second kappa shape index (κ2) is 5.84. The Morgan fingerprint density at radius 3 is 3.00 bits per heavy atom. The SMILES string of the molecule is Cc1nc[nH]c1C(COC=O)c1cccc(Cl)c1F. The molecule has 6 heteroatoms. The maximum Gasteiger partial charge on any atom is 0.293 e. The first-order valence-electron chi connectivity index (χ1n) is 5.64. The highest BCUT2D eigenvalue weighted by molar-refractivity contribution is 6.30. The van der Waals surface area contributed by atoms with Gasteiger partial charge in [-0.3, -0.25) is 4.79 Å². The number of hydrogen-bond donors (Lipinski definition) is 1. The van der Waals surface area contributed by atoms with E-state index in [0.717, 1.165) is 5.69 Å². The number of carbonyl (C=O) groups excluding carboxylic acids is 1. The first-order chi connectivity index (χ1) is 9.15. The molecule has 4 nitrogen and oxygen atoms in total. The molecule has 0 saturated heterocycles. The number of ether oxygens (including phenoxy) is 1. The van der Waals surface area contributed by atoms with Crippen molar-refractivity contribution in [1.82, 2.24) is 9.97 Å². The molecule has 0 spiro atoms. The second-order valence-electron chi connectivity index (χ2n) is 4.03. The molecule has 0 bridgehead atoms. The lowest BCUT2D eigenvalue weighted by atomic mass is 9.95. The monoisotopic (exact) mass is 282 g/mol. The van der Waals surface area contributed by atoms with E-state index in [2.05, 4.69) is 9.97 Å². The maximum absolute atomic E-state index is 14.1. The summed E-state index contributed by atoms with van der Waals surface area (Å²) in [4.78, 5) is 17.4. The summed E-state index contributed by atoms with van der Waals surface area (Å²) >= 11 is 5.78. The smallest absolute Gasteiger partial charge is 0.293 e. The molecule has 0 aliphatic heterocycles. The van der Waals surface area contributed by atoms with Crippen LogP contribution in [0.5, 0.6) is 0 Å². The first kappa shape index (κ1) is 13.5. The van der Waals surface area contributed by atoms with Gasteiger partial charge in [0.05, 0.1) is 23.0 Å². The van der Waals surface area contributed by atoms with Crippen molar-refractivity contribution in [2.75, 3.05) is 6.61 Å². The molecule has 1 N–H and O–H groups in total. The normalized spacial score (nSPS) is 12.2. The van der Waals surface area contributed by atoms with Crippen LogP contribution in [0.15, 0.2) is 24.5 Å². The average molecular weight is 283 g/mol. The van der Waals surface area contributed by atoms with Crippen molar-refractivity contribution < 1.29 is 13.9 Å². The van der Waals surface area contributed by atoms with Crippen LogP contribution in [-0.2, 0) is 9.53 Å². The zero-order valence-corrected chi connectivity index (χ0v) is 10.9. The Hall–Kier alpha value is -1.88. The molecule has 0 fully saturated rings. The Balaban J connectivity index is 2.46. The molecule has 0 amide bonds. The van der Waals surface area contributed by atoms with Crippen molar-refractivity contribution in [2.45, 2.75) is 12.8 Å². The highest BCUT2D eigenvalue weighted by Crippen LogP contribution is 2.30. The number of nitrogens with zero attached hydrogens (tertiary/aromatic N) is 1. The lowest BCUT2D eigenvalue weighted by Gasteiger charge is -2.17. The molecule has 1 aromatic heterocycles. The Morgan fingerprint density at radius 1 is 1.58 bits per heavy atom. The topological polar surface area (TPSA) is 55.0 Å². The summed E-state index contributed by atoms with van der Waals surface area (Å²) in [6.07, 6.45) is 1.51. The van der Waals surface area contributed by atoms with Crippen LogP contribution >= 0.6 is 11.6 Å². The lowest BCUT2D eigenvalue weighted by Crippen LogP contribution is -2.12. The highest BCUT2D eigenvalue weighted by atomic mass is 35.5.